The molecule has 1 aromatic carbocycles. The Hall–Kier alpha value is -1.83. The first-order chi connectivity index (χ1) is 13.5. The molecule has 0 radical (unpaired) electrons. The Morgan fingerprint density at radius 2 is 2.11 bits per heavy atom. The number of Topliss-reactive ketones (excluding diaryl/α,β-unsaturated/α-hetero) is 1. The van der Waals surface area contributed by atoms with Crippen LogP contribution in [0.5, 0.6) is 5.75 Å². The highest BCUT2D eigenvalue weighted by Gasteiger charge is 2.30. The monoisotopic (exact) mass is 433 g/mol. The van der Waals surface area contributed by atoms with Crippen LogP contribution in [0.2, 0.25) is 5.02 Å². The lowest BCUT2D eigenvalue weighted by atomic mass is 10.2. The number of carbonyl (C=O) groups is 1. The maximum Gasteiger partial charge on any atom is 0.192 e. The Morgan fingerprint density at radius 1 is 1.32 bits per heavy atom. The molecule has 146 valence electrons. The van der Waals surface area contributed by atoms with Crippen molar-refractivity contribution >= 4 is 40.5 Å². The molecule has 0 bridgehead atoms. The minimum absolute atomic E-state index is 0.131. The number of hydrogen-bond donors (Lipinski definition) is 0. The van der Waals surface area contributed by atoms with E-state index < -0.39 is 0 Å². The summed E-state index contributed by atoms with van der Waals surface area (Å²) in [5.74, 6) is 1.88. The van der Waals surface area contributed by atoms with Crippen LogP contribution in [-0.4, -0.2) is 26.3 Å². The lowest BCUT2D eigenvalue weighted by Gasteiger charge is -2.10. The van der Waals surface area contributed by atoms with E-state index >= 15 is 0 Å². The number of rotatable bonds is 8. The minimum atomic E-state index is 0.131. The van der Waals surface area contributed by atoms with E-state index in [0.29, 0.717) is 29.2 Å². The molecule has 5 nitrogen and oxygen atoms in total. The number of halogens is 1. The normalized spacial score (nSPS) is 13.7. The van der Waals surface area contributed by atoms with Crippen molar-refractivity contribution < 1.29 is 9.53 Å². The molecule has 0 unspecified atom stereocenters. The fraction of sp³-hybridized carbons (Fsp3) is 0.350. The predicted octanol–water partition coefficient (Wildman–Crippen LogP) is 5.50. The zero-order valence-electron chi connectivity index (χ0n) is 15.6. The van der Waals surface area contributed by atoms with Gasteiger partial charge in [0.25, 0.3) is 0 Å². The van der Waals surface area contributed by atoms with Gasteiger partial charge in [-0.05, 0) is 44.9 Å². The van der Waals surface area contributed by atoms with E-state index in [0.717, 1.165) is 39.1 Å². The van der Waals surface area contributed by atoms with E-state index in [1.807, 2.05) is 38.1 Å². The molecule has 8 heteroatoms. The molecule has 2 aromatic heterocycles. The van der Waals surface area contributed by atoms with Gasteiger partial charge in [0.05, 0.1) is 10.8 Å². The number of hydrogen-bond acceptors (Lipinski definition) is 6. The van der Waals surface area contributed by atoms with Gasteiger partial charge in [-0.2, -0.15) is 0 Å². The predicted molar refractivity (Wildman–Crippen MR) is 113 cm³/mol. The van der Waals surface area contributed by atoms with Gasteiger partial charge in [0.1, 0.15) is 12.4 Å². The smallest absolute Gasteiger partial charge is 0.192 e. The number of para-hydroxylation sites is 1. The van der Waals surface area contributed by atoms with E-state index in [1.54, 1.807) is 17.4 Å². The van der Waals surface area contributed by atoms with E-state index in [9.17, 15) is 4.79 Å². The molecule has 0 aliphatic heterocycles. The van der Waals surface area contributed by atoms with Crippen molar-refractivity contribution in [1.29, 1.82) is 0 Å². The number of aromatic nitrogens is 3. The lowest BCUT2D eigenvalue weighted by molar-refractivity contribution is 0.102. The Balaban J connectivity index is 1.45. The van der Waals surface area contributed by atoms with Crippen molar-refractivity contribution in [3.05, 3.63) is 56.5 Å². The molecule has 1 aliphatic rings. The number of ketones is 1. The van der Waals surface area contributed by atoms with Crippen LogP contribution in [0.4, 0.5) is 0 Å². The first-order valence-corrected chi connectivity index (χ1v) is 11.2. The van der Waals surface area contributed by atoms with Gasteiger partial charge in [-0.15, -0.1) is 21.5 Å². The number of carbonyl (C=O) groups excluding carboxylic acids is 1. The number of benzene rings is 1. The van der Waals surface area contributed by atoms with E-state index in [2.05, 4.69) is 14.8 Å². The summed E-state index contributed by atoms with van der Waals surface area (Å²) in [7, 11) is 0. The lowest BCUT2D eigenvalue weighted by Crippen LogP contribution is -2.08. The van der Waals surface area contributed by atoms with Gasteiger partial charge in [0.15, 0.2) is 16.8 Å². The number of thioether (sulfide) groups is 1. The minimum Gasteiger partial charge on any atom is -0.484 e. The zero-order valence-corrected chi connectivity index (χ0v) is 18.0. The zero-order chi connectivity index (χ0) is 19.7. The Morgan fingerprint density at radius 3 is 2.79 bits per heavy atom. The molecule has 0 atom stereocenters. The molecule has 1 aliphatic carbocycles. The molecule has 3 aromatic rings. The van der Waals surface area contributed by atoms with Crippen molar-refractivity contribution in [2.45, 2.75) is 44.5 Å². The van der Waals surface area contributed by atoms with Crippen LogP contribution in [0.25, 0.3) is 0 Å². The molecule has 28 heavy (non-hydrogen) atoms. The SMILES string of the molecule is Cc1cc(C(=O)CSc2nnc(COc3ccccc3Cl)n2C2CC2)c(C)s1. The fourth-order valence-electron chi connectivity index (χ4n) is 3.02. The van der Waals surface area contributed by atoms with Crippen molar-refractivity contribution in [3.8, 4) is 5.75 Å². The summed E-state index contributed by atoms with van der Waals surface area (Å²) in [5.41, 5.74) is 0.815. The molecule has 0 amide bonds. The van der Waals surface area contributed by atoms with Crippen molar-refractivity contribution in [2.24, 2.45) is 0 Å². The van der Waals surface area contributed by atoms with Crippen LogP contribution in [0.1, 0.15) is 44.8 Å². The second kappa shape index (κ2) is 8.27. The summed E-state index contributed by atoms with van der Waals surface area (Å²) in [6.07, 6.45) is 2.20. The molecule has 1 saturated carbocycles. The van der Waals surface area contributed by atoms with Crippen LogP contribution in [0, 0.1) is 13.8 Å². The molecular formula is C20H20ClN3O2S2. The molecule has 4 rings (SSSR count). The van der Waals surface area contributed by atoms with Gasteiger partial charge in [-0.1, -0.05) is 35.5 Å². The quantitative estimate of drug-likeness (QED) is 0.347. The third-order valence-electron chi connectivity index (χ3n) is 4.51. The van der Waals surface area contributed by atoms with Crippen molar-refractivity contribution in [3.63, 3.8) is 0 Å². The van der Waals surface area contributed by atoms with Gasteiger partial charge in [0.2, 0.25) is 0 Å². The number of thiophene rings is 1. The Kier molecular flexibility index (Phi) is 5.75. The highest BCUT2D eigenvalue weighted by Crippen LogP contribution is 2.39. The van der Waals surface area contributed by atoms with Crippen LogP contribution < -0.4 is 4.74 Å². The van der Waals surface area contributed by atoms with Gasteiger partial charge in [-0.3, -0.25) is 9.36 Å². The van der Waals surface area contributed by atoms with Gasteiger partial charge >= 0.3 is 0 Å². The van der Waals surface area contributed by atoms with E-state index in [-0.39, 0.29) is 5.78 Å². The van der Waals surface area contributed by atoms with Crippen molar-refractivity contribution in [1.82, 2.24) is 14.8 Å². The number of ether oxygens (including phenoxy) is 1. The average molecular weight is 434 g/mol. The second-order valence-corrected chi connectivity index (χ2v) is 9.57. The first-order valence-electron chi connectivity index (χ1n) is 9.07. The molecule has 2 heterocycles. The summed E-state index contributed by atoms with van der Waals surface area (Å²) >= 11 is 9.26. The van der Waals surface area contributed by atoms with Gasteiger partial charge < -0.3 is 4.74 Å². The number of aryl methyl sites for hydroxylation is 2. The van der Waals surface area contributed by atoms with Gasteiger partial charge in [-0.25, -0.2) is 0 Å². The van der Waals surface area contributed by atoms with Gasteiger partial charge in [0, 0.05) is 21.4 Å². The third-order valence-corrected chi connectivity index (χ3v) is 6.74. The van der Waals surface area contributed by atoms with Crippen LogP contribution in [0.3, 0.4) is 0 Å². The molecule has 0 saturated heterocycles. The maximum atomic E-state index is 12.6. The standard InChI is InChI=1S/C20H20ClN3O2S2/c1-12-9-15(13(2)28-12)17(25)11-27-20-23-22-19(24(20)14-7-8-14)10-26-18-6-4-3-5-16(18)21/h3-6,9,14H,7-8,10-11H2,1-2H3. The highest BCUT2D eigenvalue weighted by atomic mass is 35.5. The summed E-state index contributed by atoms with van der Waals surface area (Å²) in [6.45, 7) is 4.31. The van der Waals surface area contributed by atoms with Crippen LogP contribution in [-0.2, 0) is 6.61 Å². The van der Waals surface area contributed by atoms with Crippen LogP contribution in [0.15, 0.2) is 35.5 Å². The second-order valence-electron chi connectivity index (χ2n) is 6.76. The Labute approximate surface area is 177 Å². The fourth-order valence-corrected chi connectivity index (χ4v) is 5.06. The molecule has 0 N–H and O–H groups in total. The summed E-state index contributed by atoms with van der Waals surface area (Å²) < 4.78 is 7.95. The van der Waals surface area contributed by atoms with E-state index in [4.69, 9.17) is 16.3 Å². The topological polar surface area (TPSA) is 57.0 Å². The molecule has 1 fully saturated rings. The van der Waals surface area contributed by atoms with E-state index in [1.165, 1.54) is 11.8 Å². The average Bonchev–Trinajstić information content (AvgIpc) is 3.34. The first kappa shape index (κ1) is 19.5. The summed E-state index contributed by atoms with van der Waals surface area (Å²) in [6, 6.07) is 9.74. The Bertz CT molecular complexity index is 1010. The molecular weight excluding hydrogens is 414 g/mol. The van der Waals surface area contributed by atoms with Crippen molar-refractivity contribution in [2.75, 3.05) is 5.75 Å². The van der Waals surface area contributed by atoms with Crippen LogP contribution >= 0.6 is 34.7 Å². The maximum absolute atomic E-state index is 12.6. The number of nitrogens with zero attached hydrogens (tertiary/aromatic N) is 3. The summed E-state index contributed by atoms with van der Waals surface area (Å²) in [4.78, 5) is 14.8. The largest absolute Gasteiger partial charge is 0.484 e. The molecule has 0 spiro atoms. The third kappa shape index (κ3) is 4.26. The summed E-state index contributed by atoms with van der Waals surface area (Å²) in [5, 5.41) is 9.98. The highest BCUT2D eigenvalue weighted by molar-refractivity contribution is 7.99.